The number of fused-ring (bicyclic) bond motifs is 1. The van der Waals surface area contributed by atoms with E-state index >= 15 is 0 Å². The average molecular weight is 797 g/mol. The zero-order valence-corrected chi connectivity index (χ0v) is 32.2. The number of unbranched alkanes of at least 4 members (excludes halogenated alkanes) is 1. The fourth-order valence-corrected chi connectivity index (χ4v) is 7.10. The molecule has 1 aliphatic rings. The molecule has 11 N–H and O–H groups in total. The molecule has 16 nitrogen and oxygen atoms in total. The van der Waals surface area contributed by atoms with Gasteiger partial charge >= 0.3 is 5.97 Å². The van der Waals surface area contributed by atoms with Gasteiger partial charge in [0.15, 0.2) is 0 Å². The zero-order valence-electron chi connectivity index (χ0n) is 32.2. The highest BCUT2D eigenvalue weighted by atomic mass is 16.4. The molecule has 0 spiro atoms. The number of rotatable bonds is 20. The molecule has 1 saturated heterocycles. The highest BCUT2D eigenvalue weighted by Gasteiger charge is 2.40. The third-order valence-corrected chi connectivity index (χ3v) is 10.2. The van der Waals surface area contributed by atoms with Gasteiger partial charge in [-0.05, 0) is 67.1 Å². The van der Waals surface area contributed by atoms with E-state index in [2.05, 4.69) is 26.3 Å². The van der Waals surface area contributed by atoms with Gasteiger partial charge in [0, 0.05) is 42.9 Å². The molecular formula is C42H52N8O8. The minimum Gasteiger partial charge on any atom is -0.508 e. The van der Waals surface area contributed by atoms with Gasteiger partial charge in [-0.3, -0.25) is 28.8 Å². The van der Waals surface area contributed by atoms with Crippen LogP contribution in [-0.4, -0.2) is 105 Å². The fourth-order valence-electron chi connectivity index (χ4n) is 7.10. The van der Waals surface area contributed by atoms with Crippen molar-refractivity contribution in [1.82, 2.24) is 31.2 Å². The lowest BCUT2D eigenvalue weighted by molar-refractivity contribution is -0.142. The third-order valence-electron chi connectivity index (χ3n) is 10.2. The number of hydrogen-bond acceptors (Lipinski definition) is 9. The Morgan fingerprint density at radius 3 is 2.16 bits per heavy atom. The van der Waals surface area contributed by atoms with Crippen molar-refractivity contribution in [2.45, 2.75) is 81.6 Å². The van der Waals surface area contributed by atoms with Crippen LogP contribution in [0.5, 0.6) is 5.75 Å². The number of phenolic OH excluding ortho intramolecular Hbond substituents is 1. The Morgan fingerprint density at radius 1 is 0.776 bits per heavy atom. The van der Waals surface area contributed by atoms with Crippen molar-refractivity contribution in [3.8, 4) is 5.75 Å². The van der Waals surface area contributed by atoms with E-state index in [0.717, 1.165) is 10.9 Å². The number of hydrogen-bond donors (Lipinski definition) is 9. The molecule has 1 aromatic heterocycles. The monoisotopic (exact) mass is 796 g/mol. The van der Waals surface area contributed by atoms with Gasteiger partial charge in [-0.15, -0.1) is 0 Å². The number of nitrogens with two attached hydrogens (primary N) is 2. The van der Waals surface area contributed by atoms with E-state index in [9.17, 15) is 39.0 Å². The summed E-state index contributed by atoms with van der Waals surface area (Å²) in [6.45, 7) is 0.00843. The summed E-state index contributed by atoms with van der Waals surface area (Å²) in [5.74, 6) is -4.27. The molecule has 0 unspecified atom stereocenters. The van der Waals surface area contributed by atoms with E-state index in [1.54, 1.807) is 48.7 Å². The van der Waals surface area contributed by atoms with Crippen molar-refractivity contribution in [3.05, 3.63) is 102 Å². The minimum absolute atomic E-state index is 0.0125. The normalized spacial score (nSPS) is 15.8. The summed E-state index contributed by atoms with van der Waals surface area (Å²) < 4.78 is 0. The first-order chi connectivity index (χ1) is 27.9. The second-order valence-electron chi connectivity index (χ2n) is 14.5. The summed E-state index contributed by atoms with van der Waals surface area (Å²) in [5.41, 5.74) is 14.7. The molecule has 0 saturated carbocycles. The standard InChI is InChI=1S/C42H52N8O8/c43-19-7-6-12-31(44)38(54)49-35(22-27-15-17-29(51)18-16-27)42(58)50-20-8-14-36(50)41(57)48-34(23-28-24-45-32-13-5-4-11-30(28)32)40(56)47-33(39(55)46-25-37(52)53)21-26-9-2-1-3-10-26/h1-5,9-11,13,15-18,24,31,33-36,45,51H,6-8,12,14,19-23,25,43-44H2,(H,46,55)(H,47,56)(H,48,57)(H,49,54)(H,52,53)/t31-,33-,34-,35-,36-/m0/s1. The molecule has 1 fully saturated rings. The summed E-state index contributed by atoms with van der Waals surface area (Å²) in [6, 6.07) is 17.2. The van der Waals surface area contributed by atoms with Crippen LogP contribution in [-0.2, 0) is 48.0 Å². The number of carbonyl (C=O) groups is 6. The highest BCUT2D eigenvalue weighted by Crippen LogP contribution is 2.23. The largest absolute Gasteiger partial charge is 0.508 e. The molecule has 3 aromatic carbocycles. The van der Waals surface area contributed by atoms with Gasteiger partial charge in [0.2, 0.25) is 29.5 Å². The Bertz CT molecular complexity index is 2040. The lowest BCUT2D eigenvalue weighted by atomic mass is 10.0. The Balaban J connectivity index is 1.39. The first-order valence-electron chi connectivity index (χ1n) is 19.5. The number of carbonyl (C=O) groups excluding carboxylic acids is 5. The van der Waals surface area contributed by atoms with Gasteiger partial charge in [-0.2, -0.15) is 0 Å². The summed E-state index contributed by atoms with van der Waals surface area (Å²) >= 11 is 0. The number of likely N-dealkylation sites (tertiary alicyclic amines) is 1. The number of carboxylic acid groups (broad SMARTS) is 1. The quantitative estimate of drug-likeness (QED) is 0.0573. The van der Waals surface area contributed by atoms with Crippen LogP contribution in [0.1, 0.15) is 48.8 Å². The predicted molar refractivity (Wildman–Crippen MR) is 216 cm³/mol. The summed E-state index contributed by atoms with van der Waals surface area (Å²) in [5, 5.41) is 30.6. The van der Waals surface area contributed by atoms with E-state index in [4.69, 9.17) is 11.5 Å². The number of carboxylic acids is 1. The second kappa shape index (κ2) is 20.8. The van der Waals surface area contributed by atoms with Gasteiger partial charge in [-0.1, -0.05) is 67.1 Å². The number of nitrogens with one attached hydrogen (secondary N) is 5. The number of amides is 5. The number of H-pyrrole nitrogens is 1. The van der Waals surface area contributed by atoms with Crippen molar-refractivity contribution in [3.63, 3.8) is 0 Å². The molecule has 58 heavy (non-hydrogen) atoms. The van der Waals surface area contributed by atoms with E-state index < -0.39 is 72.3 Å². The first-order valence-corrected chi connectivity index (χ1v) is 19.5. The van der Waals surface area contributed by atoms with Crippen LogP contribution in [0.15, 0.2) is 85.1 Å². The number of aromatic amines is 1. The van der Waals surface area contributed by atoms with Crippen LogP contribution in [0.25, 0.3) is 10.9 Å². The molecule has 0 aliphatic carbocycles. The Hall–Kier alpha value is -6.26. The molecule has 2 heterocycles. The zero-order chi connectivity index (χ0) is 41.6. The van der Waals surface area contributed by atoms with Crippen molar-refractivity contribution in [1.29, 1.82) is 0 Å². The molecule has 16 heteroatoms. The number of aromatic nitrogens is 1. The van der Waals surface area contributed by atoms with Crippen LogP contribution in [0.2, 0.25) is 0 Å². The minimum atomic E-state index is -1.26. The summed E-state index contributed by atoms with van der Waals surface area (Å²) in [7, 11) is 0. The van der Waals surface area contributed by atoms with Crippen LogP contribution in [0, 0.1) is 0 Å². The molecule has 5 atom stereocenters. The Morgan fingerprint density at radius 2 is 1.43 bits per heavy atom. The van der Waals surface area contributed by atoms with Gasteiger partial charge in [0.25, 0.3) is 0 Å². The average Bonchev–Trinajstić information content (AvgIpc) is 3.88. The maximum Gasteiger partial charge on any atom is 0.322 e. The maximum atomic E-state index is 14.3. The van der Waals surface area contributed by atoms with Crippen molar-refractivity contribution in [2.24, 2.45) is 11.5 Å². The van der Waals surface area contributed by atoms with Gasteiger partial charge in [0.05, 0.1) is 6.04 Å². The smallest absolute Gasteiger partial charge is 0.322 e. The number of benzene rings is 3. The SMILES string of the molecule is NCCCC[C@H](N)C(=O)N[C@@H](Cc1ccc(O)cc1)C(=O)N1CCC[C@H]1C(=O)N[C@@H](Cc1c[nH]c2ccccc12)C(=O)N[C@@H](Cc1ccccc1)C(=O)NCC(=O)O. The highest BCUT2D eigenvalue weighted by molar-refractivity contribution is 5.97. The first kappa shape index (κ1) is 42.9. The number of aliphatic carboxylic acids is 1. The molecule has 5 rings (SSSR count). The van der Waals surface area contributed by atoms with Gasteiger partial charge < -0.3 is 52.8 Å². The summed E-state index contributed by atoms with van der Waals surface area (Å²) in [6.07, 6.45) is 4.29. The maximum absolute atomic E-state index is 14.3. The van der Waals surface area contributed by atoms with Gasteiger partial charge in [-0.25, -0.2) is 0 Å². The van der Waals surface area contributed by atoms with Crippen LogP contribution in [0.3, 0.4) is 0 Å². The molecule has 0 bridgehead atoms. The number of aromatic hydroxyl groups is 1. The molecule has 1 aliphatic heterocycles. The predicted octanol–water partition coefficient (Wildman–Crippen LogP) is 1.00. The van der Waals surface area contributed by atoms with Gasteiger partial charge in [0.1, 0.15) is 36.5 Å². The topological polar surface area (TPSA) is 262 Å². The van der Waals surface area contributed by atoms with Crippen molar-refractivity contribution in [2.75, 3.05) is 19.6 Å². The lowest BCUT2D eigenvalue weighted by Crippen LogP contribution is -2.59. The number of para-hydroxylation sites is 1. The van der Waals surface area contributed by atoms with Crippen LogP contribution in [0.4, 0.5) is 0 Å². The van der Waals surface area contributed by atoms with E-state index in [-0.39, 0.29) is 38.0 Å². The molecule has 5 amide bonds. The van der Waals surface area contributed by atoms with Crippen LogP contribution < -0.4 is 32.7 Å². The lowest BCUT2D eigenvalue weighted by Gasteiger charge is -2.30. The fraction of sp³-hybridized carbons (Fsp3) is 0.381. The third kappa shape index (κ3) is 11.9. The number of phenols is 1. The Labute approximate surface area is 336 Å². The molecule has 0 radical (unpaired) electrons. The van der Waals surface area contributed by atoms with E-state index in [0.29, 0.717) is 48.9 Å². The Kier molecular flexibility index (Phi) is 15.4. The van der Waals surface area contributed by atoms with E-state index in [1.165, 1.54) is 17.0 Å². The molecular weight excluding hydrogens is 745 g/mol. The van der Waals surface area contributed by atoms with Crippen molar-refractivity contribution >= 4 is 46.4 Å². The molecule has 308 valence electrons. The van der Waals surface area contributed by atoms with E-state index in [1.807, 2.05) is 24.3 Å². The molecule has 4 aromatic rings. The summed E-state index contributed by atoms with van der Waals surface area (Å²) in [4.78, 5) is 85.2. The van der Waals surface area contributed by atoms with Crippen molar-refractivity contribution < 1.29 is 39.0 Å². The number of nitrogens with zero attached hydrogens (tertiary/aromatic N) is 1. The van der Waals surface area contributed by atoms with Crippen LogP contribution >= 0.6 is 0 Å². The second-order valence-corrected chi connectivity index (χ2v) is 14.5.